The van der Waals surface area contributed by atoms with Gasteiger partial charge in [0.25, 0.3) is 5.91 Å². The highest BCUT2D eigenvalue weighted by Gasteiger charge is 2.47. The van der Waals surface area contributed by atoms with Crippen molar-refractivity contribution in [2.45, 2.75) is 72.2 Å². The Morgan fingerprint density at radius 1 is 0.900 bits per heavy atom. The summed E-state index contributed by atoms with van der Waals surface area (Å²) in [5, 5.41) is 24.6. The van der Waals surface area contributed by atoms with E-state index in [1.54, 1.807) is 54.7 Å². The molecule has 0 bridgehead atoms. The van der Waals surface area contributed by atoms with Gasteiger partial charge >= 0.3 is 0 Å². The number of carbonyl (C=O) groups is 4. The van der Waals surface area contributed by atoms with Gasteiger partial charge in [-0.1, -0.05) is 99.6 Å². The van der Waals surface area contributed by atoms with Crippen molar-refractivity contribution >= 4 is 57.7 Å². The number of thiazole rings is 1. The fourth-order valence-electron chi connectivity index (χ4n) is 9.03. The molecule has 2 aliphatic heterocycles. The van der Waals surface area contributed by atoms with Crippen LogP contribution in [0.15, 0.2) is 109 Å². The molecule has 0 unspecified atom stereocenters. The lowest BCUT2D eigenvalue weighted by Gasteiger charge is -2.40. The summed E-state index contributed by atoms with van der Waals surface area (Å²) < 4.78 is 6.18. The van der Waals surface area contributed by atoms with Crippen LogP contribution in [0.2, 0.25) is 0 Å². The molecule has 16 heteroatoms. The lowest BCUT2D eigenvalue weighted by molar-refractivity contribution is -0.215. The van der Waals surface area contributed by atoms with E-state index in [1.165, 1.54) is 11.8 Å². The van der Waals surface area contributed by atoms with Gasteiger partial charge in [-0.05, 0) is 82.0 Å². The minimum Gasteiger partial charge on any atom is -0.508 e. The van der Waals surface area contributed by atoms with Crippen molar-refractivity contribution in [1.29, 1.82) is 0 Å². The molecule has 0 radical (unpaired) electrons. The second kappa shape index (κ2) is 23.7. The third-order valence-electron chi connectivity index (χ3n) is 12.7. The highest BCUT2D eigenvalue weighted by Crippen LogP contribution is 2.36. The number of halogens is 1. The lowest BCUT2D eigenvalue weighted by Crippen LogP contribution is -2.59. The Kier molecular flexibility index (Phi) is 17.5. The summed E-state index contributed by atoms with van der Waals surface area (Å²) in [6.45, 7) is 11.4. The Hall–Kier alpha value is -6.10. The maximum Gasteiger partial charge on any atom is 0.251 e. The average molecular weight is 992 g/mol. The van der Waals surface area contributed by atoms with Crippen LogP contribution in [0, 0.1) is 12.3 Å². The second-order valence-electron chi connectivity index (χ2n) is 18.8. The minimum atomic E-state index is -1.20. The smallest absolute Gasteiger partial charge is 0.251 e. The first-order valence-electron chi connectivity index (χ1n) is 23.7. The Morgan fingerprint density at radius 2 is 1.56 bits per heavy atom. The van der Waals surface area contributed by atoms with E-state index in [1.807, 2.05) is 85.8 Å². The monoisotopic (exact) mass is 990 g/mol. The molecule has 3 atom stereocenters. The summed E-state index contributed by atoms with van der Waals surface area (Å²) >= 11 is 7.89. The van der Waals surface area contributed by atoms with Crippen LogP contribution in [0.1, 0.15) is 68.5 Å². The van der Waals surface area contributed by atoms with Crippen molar-refractivity contribution in [3.8, 4) is 21.9 Å². The van der Waals surface area contributed by atoms with Crippen molar-refractivity contribution in [2.75, 3.05) is 58.4 Å². The number of hydrogen-bond donors (Lipinski definition) is 3. The second-order valence-corrected chi connectivity index (χ2v) is 20.0. The number of allylic oxidation sites excluding steroid dienone is 1. The zero-order chi connectivity index (χ0) is 50.0. The SMILES string of the molecule is CC(=O)N(OCC(=O)N1CCN(CCOc2ccc(C(=C(CCCl)c3ccccc3)c3ccc(O)cc3)cc2)CC1)[C@H](C(=O)N1C[C@H](O)C[C@H]1C(=O)NCc1ccc(-c2scnc2C)cc1)C(C)(C)C. The normalized spacial score (nSPS) is 17.2. The van der Waals surface area contributed by atoms with Crippen molar-refractivity contribution in [3.05, 3.63) is 137 Å². The number of β-amino-alcohol motifs (C(OH)–C–C–N with tert-alkyl or cyclic N) is 1. The first-order chi connectivity index (χ1) is 33.6. The summed E-state index contributed by atoms with van der Waals surface area (Å²) in [4.78, 5) is 71.4. The maximum absolute atomic E-state index is 14.4. The van der Waals surface area contributed by atoms with Crippen LogP contribution in [0.3, 0.4) is 0 Å². The first kappa shape index (κ1) is 51.7. The largest absolute Gasteiger partial charge is 0.508 e. The number of phenolic OH excluding ortho intramolecular Hbond substituents is 1. The first-order valence-corrected chi connectivity index (χ1v) is 25.1. The number of phenols is 1. The topological polar surface area (TPSA) is 165 Å². The minimum absolute atomic E-state index is 0.0380. The number of piperazine rings is 1. The number of amides is 4. The van der Waals surface area contributed by atoms with Crippen molar-refractivity contribution < 1.29 is 39.0 Å². The molecular formula is C54H63ClN6O8S. The van der Waals surface area contributed by atoms with Crippen molar-refractivity contribution in [1.82, 2.24) is 30.1 Å². The van der Waals surface area contributed by atoms with E-state index in [9.17, 15) is 29.4 Å². The highest BCUT2D eigenvalue weighted by atomic mass is 35.5. The summed E-state index contributed by atoms with van der Waals surface area (Å²) in [6.07, 6.45) is -0.248. The van der Waals surface area contributed by atoms with E-state index in [2.05, 4.69) is 27.3 Å². The molecule has 3 heterocycles. The molecule has 5 aromatic rings. The van der Waals surface area contributed by atoms with Gasteiger partial charge in [-0.2, -0.15) is 0 Å². The van der Waals surface area contributed by atoms with Crippen LogP contribution in [-0.4, -0.2) is 135 Å². The van der Waals surface area contributed by atoms with Gasteiger partial charge < -0.3 is 30.1 Å². The predicted molar refractivity (Wildman–Crippen MR) is 273 cm³/mol. The van der Waals surface area contributed by atoms with Crippen molar-refractivity contribution in [2.24, 2.45) is 5.41 Å². The molecular weight excluding hydrogens is 928 g/mol. The number of hydroxylamine groups is 2. The van der Waals surface area contributed by atoms with Gasteiger partial charge in [-0.3, -0.25) is 28.9 Å². The molecule has 0 spiro atoms. The number of nitrogens with one attached hydrogen (secondary N) is 1. The Balaban J connectivity index is 0.905. The van der Waals surface area contributed by atoms with Crippen LogP contribution < -0.4 is 10.1 Å². The van der Waals surface area contributed by atoms with Gasteiger partial charge in [0.05, 0.1) is 22.2 Å². The molecule has 70 heavy (non-hydrogen) atoms. The predicted octanol–water partition coefficient (Wildman–Crippen LogP) is 7.41. The molecule has 370 valence electrons. The molecule has 7 rings (SSSR count). The van der Waals surface area contributed by atoms with E-state index < -0.39 is 47.9 Å². The highest BCUT2D eigenvalue weighted by molar-refractivity contribution is 7.13. The Labute approximate surface area is 419 Å². The fraction of sp³-hybridized carbons (Fsp3) is 0.389. The van der Waals surface area contributed by atoms with Crippen LogP contribution in [0.5, 0.6) is 11.5 Å². The summed E-state index contributed by atoms with van der Waals surface area (Å²) in [5.41, 5.74) is 8.95. The zero-order valence-electron chi connectivity index (χ0n) is 40.5. The van der Waals surface area contributed by atoms with Gasteiger partial charge in [-0.15, -0.1) is 22.9 Å². The number of aromatic hydroxyl groups is 1. The average Bonchev–Trinajstić information content (AvgIpc) is 3.97. The summed E-state index contributed by atoms with van der Waals surface area (Å²) in [7, 11) is 0. The number of ether oxygens (including phenoxy) is 1. The molecule has 4 amide bonds. The lowest BCUT2D eigenvalue weighted by atomic mass is 9.85. The number of hydrogen-bond acceptors (Lipinski definition) is 11. The van der Waals surface area contributed by atoms with E-state index >= 15 is 0 Å². The van der Waals surface area contributed by atoms with Crippen LogP contribution >= 0.6 is 22.9 Å². The number of nitrogens with zero attached hydrogens (tertiary/aromatic N) is 5. The number of carbonyl (C=O) groups excluding carboxylic acids is 4. The number of likely N-dealkylation sites (tertiary alicyclic amines) is 1. The standard InChI is InChI=1S/C54H63ClN6O8S/c1-36-50(70-35-57-36)42-13-11-38(12-14-42)32-56-52(66)47-31-44(64)33-60(47)53(67)51(54(3,4)5)61(37(2)62)69-34-48(65)59-27-25-58(26-28-59)29-30-68-45-21-17-41(18-22-45)49(40-15-19-43(63)20-16-40)46(23-24-55)39-9-7-6-8-10-39/h6-22,35,44,47,51,63-64H,23-34H2,1-5H3,(H,56,66)/t44-,47+,51-/m1/s1. The molecule has 2 saturated heterocycles. The van der Waals surface area contributed by atoms with Crippen molar-refractivity contribution in [3.63, 3.8) is 0 Å². The molecule has 4 aromatic carbocycles. The molecule has 3 N–H and O–H groups in total. The van der Waals surface area contributed by atoms with Gasteiger partial charge in [-0.25, -0.2) is 10.0 Å². The number of aliphatic hydroxyl groups excluding tert-OH is 1. The van der Waals surface area contributed by atoms with Crippen LogP contribution in [0.4, 0.5) is 0 Å². The Bertz CT molecular complexity index is 2590. The third-order valence-corrected chi connectivity index (χ3v) is 13.9. The molecule has 0 saturated carbocycles. The molecule has 2 fully saturated rings. The number of aromatic nitrogens is 1. The van der Waals surface area contributed by atoms with E-state index in [0.29, 0.717) is 51.6 Å². The maximum atomic E-state index is 14.4. The van der Waals surface area contributed by atoms with Crippen LogP contribution in [-0.2, 0) is 30.6 Å². The van der Waals surface area contributed by atoms with Gasteiger partial charge in [0, 0.05) is 65.0 Å². The molecule has 2 aliphatic rings. The Morgan fingerprint density at radius 3 is 2.16 bits per heavy atom. The third kappa shape index (κ3) is 13.0. The van der Waals surface area contributed by atoms with E-state index in [-0.39, 0.29) is 31.2 Å². The zero-order valence-corrected chi connectivity index (χ0v) is 42.0. The molecule has 1 aromatic heterocycles. The number of rotatable bonds is 18. The van der Waals surface area contributed by atoms with Gasteiger partial charge in [0.1, 0.15) is 30.2 Å². The molecule has 14 nitrogen and oxygen atoms in total. The summed E-state index contributed by atoms with van der Waals surface area (Å²) in [6, 6.07) is 31.0. The van der Waals surface area contributed by atoms with Gasteiger partial charge in [0.15, 0.2) is 6.61 Å². The fourth-order valence-corrected chi connectivity index (χ4v) is 10.0. The number of aryl methyl sites for hydroxylation is 1. The van der Waals surface area contributed by atoms with Crippen LogP contribution in [0.25, 0.3) is 21.6 Å². The van der Waals surface area contributed by atoms with E-state index in [4.69, 9.17) is 21.2 Å². The summed E-state index contributed by atoms with van der Waals surface area (Å²) in [5.74, 6) is -0.509. The van der Waals surface area contributed by atoms with E-state index in [0.717, 1.165) is 60.3 Å². The van der Waals surface area contributed by atoms with Gasteiger partial charge in [0.2, 0.25) is 17.7 Å². The number of alkyl halides is 1. The number of aliphatic hydroxyl groups is 1. The quantitative estimate of drug-likeness (QED) is 0.0458. The molecule has 0 aliphatic carbocycles. The number of benzene rings is 4.